The maximum atomic E-state index is 3.51. The average Bonchev–Trinajstić information content (AvgIpc) is 1.86. The third-order valence-corrected chi connectivity index (χ3v) is 1.94. The van der Waals surface area contributed by atoms with Gasteiger partial charge in [0.1, 0.15) is 6.42 Å². The Kier molecular flexibility index (Phi) is 1.41. The smallest absolute Gasteiger partial charge is 0.0842 e. The standard InChI is InChI=1S/C5H8Br/c6-5-3-1-2-4-5/h1,5H,2-4H2/q+1. The normalized spacial score (nSPS) is 33.2. The van der Waals surface area contributed by atoms with Crippen molar-refractivity contribution in [3.05, 3.63) is 6.42 Å². The van der Waals surface area contributed by atoms with Gasteiger partial charge in [-0.15, -0.1) is 0 Å². The maximum Gasteiger partial charge on any atom is 0.100 e. The predicted molar refractivity (Wildman–Crippen MR) is 30.9 cm³/mol. The first-order valence-corrected chi connectivity index (χ1v) is 3.27. The first-order valence-electron chi connectivity index (χ1n) is 2.35. The van der Waals surface area contributed by atoms with Crippen molar-refractivity contribution in [1.82, 2.24) is 0 Å². The third kappa shape index (κ3) is 0.904. The van der Waals surface area contributed by atoms with Crippen molar-refractivity contribution in [2.45, 2.75) is 24.1 Å². The highest BCUT2D eigenvalue weighted by atomic mass is 79.9. The van der Waals surface area contributed by atoms with E-state index < -0.39 is 0 Å². The molecule has 1 aliphatic rings. The second-order valence-electron chi connectivity index (χ2n) is 1.70. The summed E-state index contributed by atoms with van der Waals surface area (Å²) in [5, 5.41) is 0. The van der Waals surface area contributed by atoms with Crippen LogP contribution in [0.4, 0.5) is 0 Å². The molecule has 1 aliphatic carbocycles. The van der Waals surface area contributed by atoms with Gasteiger partial charge >= 0.3 is 0 Å². The first kappa shape index (κ1) is 4.51. The average molecular weight is 148 g/mol. The van der Waals surface area contributed by atoms with Crippen LogP contribution in [0.2, 0.25) is 0 Å². The highest BCUT2D eigenvalue weighted by Gasteiger charge is 2.17. The molecule has 34 valence electrons. The first-order chi connectivity index (χ1) is 2.89. The van der Waals surface area contributed by atoms with Crippen LogP contribution in [0.15, 0.2) is 0 Å². The van der Waals surface area contributed by atoms with Crippen molar-refractivity contribution in [1.29, 1.82) is 0 Å². The van der Waals surface area contributed by atoms with Crippen LogP contribution in [-0.4, -0.2) is 4.83 Å². The van der Waals surface area contributed by atoms with E-state index >= 15 is 0 Å². The van der Waals surface area contributed by atoms with E-state index in [1.807, 2.05) is 0 Å². The number of halogens is 1. The van der Waals surface area contributed by atoms with Crippen molar-refractivity contribution >= 4 is 15.9 Å². The van der Waals surface area contributed by atoms with Gasteiger partial charge in [0.05, 0.1) is 17.7 Å². The zero-order valence-electron chi connectivity index (χ0n) is 3.65. The lowest BCUT2D eigenvalue weighted by atomic mass is 10.4. The summed E-state index contributed by atoms with van der Waals surface area (Å²) in [7, 11) is 0. The van der Waals surface area contributed by atoms with Crippen LogP contribution in [0.25, 0.3) is 0 Å². The lowest BCUT2D eigenvalue weighted by molar-refractivity contribution is 0.921. The van der Waals surface area contributed by atoms with Gasteiger partial charge < -0.3 is 0 Å². The van der Waals surface area contributed by atoms with E-state index in [0.717, 1.165) is 4.83 Å². The lowest BCUT2D eigenvalue weighted by Gasteiger charge is -1.82. The van der Waals surface area contributed by atoms with Gasteiger partial charge in [-0.05, 0) is 0 Å². The fraction of sp³-hybridized carbons (Fsp3) is 0.800. The van der Waals surface area contributed by atoms with Crippen molar-refractivity contribution in [3.8, 4) is 0 Å². The van der Waals surface area contributed by atoms with Gasteiger partial charge in [-0.25, -0.2) is 0 Å². The van der Waals surface area contributed by atoms with Crippen LogP contribution in [0.1, 0.15) is 19.3 Å². The van der Waals surface area contributed by atoms with Crippen molar-refractivity contribution in [2.24, 2.45) is 0 Å². The number of alkyl halides is 1. The molecule has 6 heavy (non-hydrogen) atoms. The van der Waals surface area contributed by atoms with Gasteiger partial charge in [-0.3, -0.25) is 0 Å². The Morgan fingerprint density at radius 2 is 2.50 bits per heavy atom. The van der Waals surface area contributed by atoms with Crippen molar-refractivity contribution in [2.75, 3.05) is 0 Å². The minimum atomic E-state index is 0.803. The van der Waals surface area contributed by atoms with Crippen LogP contribution in [0, 0.1) is 6.42 Å². The van der Waals surface area contributed by atoms with E-state index in [1.54, 1.807) is 0 Å². The molecule has 0 aromatic carbocycles. The molecule has 0 bridgehead atoms. The van der Waals surface area contributed by atoms with Crippen LogP contribution in [-0.2, 0) is 0 Å². The fourth-order valence-corrected chi connectivity index (χ4v) is 1.24. The van der Waals surface area contributed by atoms with Gasteiger partial charge in [-0.1, -0.05) is 15.9 Å². The topological polar surface area (TPSA) is 0 Å². The zero-order chi connectivity index (χ0) is 4.41. The minimum absolute atomic E-state index is 0.803. The summed E-state index contributed by atoms with van der Waals surface area (Å²) < 4.78 is 0. The number of hydrogen-bond acceptors (Lipinski definition) is 0. The molecule has 0 N–H and O–H groups in total. The lowest BCUT2D eigenvalue weighted by Crippen LogP contribution is -1.82. The fourth-order valence-electron chi connectivity index (χ4n) is 0.715. The monoisotopic (exact) mass is 147 g/mol. The molecule has 0 amide bonds. The minimum Gasteiger partial charge on any atom is -0.0842 e. The summed E-state index contributed by atoms with van der Waals surface area (Å²) in [6.45, 7) is 0. The Labute approximate surface area is 47.1 Å². The quantitative estimate of drug-likeness (QED) is 0.364. The molecule has 1 rings (SSSR count). The van der Waals surface area contributed by atoms with Gasteiger partial charge in [0.25, 0.3) is 0 Å². The molecule has 1 heteroatoms. The summed E-state index contributed by atoms with van der Waals surface area (Å²) in [4.78, 5) is 0.803. The predicted octanol–water partition coefficient (Wildman–Crippen LogP) is 2.14. The summed E-state index contributed by atoms with van der Waals surface area (Å²) in [5.41, 5.74) is 0. The Morgan fingerprint density at radius 1 is 1.67 bits per heavy atom. The van der Waals surface area contributed by atoms with Crippen molar-refractivity contribution in [3.63, 3.8) is 0 Å². The summed E-state index contributed by atoms with van der Waals surface area (Å²) in [6, 6.07) is 0. The van der Waals surface area contributed by atoms with Gasteiger partial charge in [-0.2, -0.15) is 0 Å². The molecule has 0 radical (unpaired) electrons. The molecule has 0 aliphatic heterocycles. The van der Waals surface area contributed by atoms with Crippen LogP contribution >= 0.6 is 15.9 Å². The molecule has 0 aromatic rings. The number of hydrogen-bond donors (Lipinski definition) is 0. The Bertz CT molecular complexity index is 37.2. The van der Waals surface area contributed by atoms with Crippen LogP contribution in [0.5, 0.6) is 0 Å². The molecule has 0 saturated heterocycles. The third-order valence-electron chi connectivity index (χ3n) is 1.11. The maximum absolute atomic E-state index is 3.51. The van der Waals surface area contributed by atoms with E-state index in [0.29, 0.717) is 0 Å². The molecule has 0 nitrogen and oxygen atoms in total. The molecule has 1 atom stereocenters. The summed E-state index contributed by atoms with van der Waals surface area (Å²) >= 11 is 3.51. The van der Waals surface area contributed by atoms with Crippen LogP contribution < -0.4 is 0 Å². The second-order valence-corrected chi connectivity index (χ2v) is 2.99. The van der Waals surface area contributed by atoms with Gasteiger partial charge in [0.2, 0.25) is 0 Å². The highest BCUT2D eigenvalue weighted by Crippen LogP contribution is 2.22. The summed E-state index contributed by atoms with van der Waals surface area (Å²) in [6.07, 6.45) is 6.27. The van der Waals surface area contributed by atoms with E-state index in [2.05, 4.69) is 22.4 Å². The molecule has 0 aromatic heterocycles. The molecule has 0 heterocycles. The highest BCUT2D eigenvalue weighted by molar-refractivity contribution is 9.09. The molecular weight excluding hydrogens is 140 g/mol. The van der Waals surface area contributed by atoms with E-state index in [1.165, 1.54) is 19.3 Å². The molecular formula is C5H8Br+. The Balaban J connectivity index is 2.18. The molecule has 1 saturated carbocycles. The van der Waals surface area contributed by atoms with E-state index in [9.17, 15) is 0 Å². The molecule has 0 spiro atoms. The van der Waals surface area contributed by atoms with Crippen molar-refractivity contribution < 1.29 is 0 Å². The Morgan fingerprint density at radius 3 is 2.67 bits per heavy atom. The Hall–Kier alpha value is 0.350. The largest absolute Gasteiger partial charge is 0.100 e. The number of rotatable bonds is 0. The summed E-state index contributed by atoms with van der Waals surface area (Å²) in [5.74, 6) is 0. The van der Waals surface area contributed by atoms with E-state index in [-0.39, 0.29) is 0 Å². The van der Waals surface area contributed by atoms with Gasteiger partial charge in [0.15, 0.2) is 0 Å². The molecule has 1 unspecified atom stereocenters. The van der Waals surface area contributed by atoms with E-state index in [4.69, 9.17) is 0 Å². The van der Waals surface area contributed by atoms with Crippen LogP contribution in [0.3, 0.4) is 0 Å². The zero-order valence-corrected chi connectivity index (χ0v) is 5.24. The second kappa shape index (κ2) is 1.87. The SMILES string of the molecule is BrC1C[CH+]CC1. The molecule has 1 fully saturated rings. The van der Waals surface area contributed by atoms with Gasteiger partial charge in [0, 0.05) is 6.42 Å².